The Balaban J connectivity index is 2.20. The molecule has 1 heterocycles. The largest absolute Gasteiger partial charge is 0.328 e. The first-order valence-electron chi connectivity index (χ1n) is 6.53. The van der Waals surface area contributed by atoms with Crippen LogP contribution in [0.3, 0.4) is 0 Å². The van der Waals surface area contributed by atoms with Crippen molar-refractivity contribution in [3.05, 3.63) is 29.0 Å². The summed E-state index contributed by atoms with van der Waals surface area (Å²) in [4.78, 5) is -0.318. The van der Waals surface area contributed by atoms with E-state index in [1.54, 1.807) is 0 Å². The second-order valence-electron chi connectivity index (χ2n) is 5.18. The fourth-order valence-electron chi connectivity index (χ4n) is 2.47. The molecule has 1 aromatic carbocycles. The molecule has 1 saturated heterocycles. The van der Waals surface area contributed by atoms with Crippen LogP contribution in [0.1, 0.15) is 19.8 Å². The Morgan fingerprint density at radius 3 is 2.50 bits per heavy atom. The zero-order valence-electron chi connectivity index (χ0n) is 11.2. The van der Waals surface area contributed by atoms with E-state index in [1.807, 2.05) is 6.92 Å². The fourth-order valence-corrected chi connectivity index (χ4v) is 4.14. The Bertz CT molecular complexity index is 584. The average molecular weight is 321 g/mol. The summed E-state index contributed by atoms with van der Waals surface area (Å²) < 4.78 is 39.9. The molecular formula is C13H18ClFN2O2S. The van der Waals surface area contributed by atoms with Crippen molar-refractivity contribution in [3.63, 3.8) is 0 Å². The van der Waals surface area contributed by atoms with Crippen LogP contribution in [-0.2, 0) is 10.0 Å². The normalized spacial score (nSPS) is 20.0. The molecule has 1 fully saturated rings. The van der Waals surface area contributed by atoms with Crippen molar-refractivity contribution >= 4 is 21.6 Å². The lowest BCUT2D eigenvalue weighted by molar-refractivity contribution is 0.250. The Morgan fingerprint density at radius 2 is 2.00 bits per heavy atom. The molecule has 0 amide bonds. The van der Waals surface area contributed by atoms with Gasteiger partial charge in [-0.1, -0.05) is 11.6 Å². The highest BCUT2D eigenvalue weighted by atomic mass is 35.5. The minimum atomic E-state index is -3.80. The molecular weight excluding hydrogens is 303 g/mol. The van der Waals surface area contributed by atoms with Crippen molar-refractivity contribution in [1.29, 1.82) is 0 Å². The van der Waals surface area contributed by atoms with Crippen LogP contribution in [0.4, 0.5) is 4.39 Å². The standard InChI is InChI=1S/C13H18ClFN2O2S/c1-9(16)10-4-6-17(7-5-10)20(18,19)13-3-2-11(14)8-12(13)15/h2-3,8-10H,4-7,16H2,1H3. The number of piperidine rings is 1. The van der Waals surface area contributed by atoms with E-state index in [4.69, 9.17) is 17.3 Å². The molecule has 1 aromatic rings. The monoisotopic (exact) mass is 320 g/mol. The second-order valence-corrected chi connectivity index (χ2v) is 7.52. The van der Waals surface area contributed by atoms with E-state index in [0.29, 0.717) is 31.8 Å². The number of halogens is 2. The number of sulfonamides is 1. The summed E-state index contributed by atoms with van der Waals surface area (Å²) in [5, 5.41) is 0.178. The molecule has 0 saturated carbocycles. The number of hydrogen-bond donors (Lipinski definition) is 1. The van der Waals surface area contributed by atoms with Crippen LogP contribution < -0.4 is 5.73 Å². The summed E-state index contributed by atoms with van der Waals surface area (Å²) in [7, 11) is -3.80. The van der Waals surface area contributed by atoms with Gasteiger partial charge in [-0.2, -0.15) is 4.31 Å². The summed E-state index contributed by atoms with van der Waals surface area (Å²) in [5.41, 5.74) is 5.83. The molecule has 4 nitrogen and oxygen atoms in total. The summed E-state index contributed by atoms with van der Waals surface area (Å²) >= 11 is 5.64. The van der Waals surface area contributed by atoms with Gasteiger partial charge >= 0.3 is 0 Å². The molecule has 2 rings (SSSR count). The van der Waals surface area contributed by atoms with Gasteiger partial charge in [0.1, 0.15) is 10.7 Å². The van der Waals surface area contributed by atoms with E-state index in [-0.39, 0.29) is 16.0 Å². The molecule has 20 heavy (non-hydrogen) atoms. The number of hydrogen-bond acceptors (Lipinski definition) is 3. The van der Waals surface area contributed by atoms with Gasteiger partial charge in [0.2, 0.25) is 10.0 Å². The average Bonchev–Trinajstić information content (AvgIpc) is 2.38. The van der Waals surface area contributed by atoms with Gasteiger partial charge in [0.25, 0.3) is 0 Å². The Kier molecular flexibility index (Phi) is 4.69. The molecule has 7 heteroatoms. The maximum atomic E-state index is 13.8. The van der Waals surface area contributed by atoms with Gasteiger partial charge < -0.3 is 5.73 Å². The fraction of sp³-hybridized carbons (Fsp3) is 0.538. The van der Waals surface area contributed by atoms with Crippen molar-refractivity contribution in [2.45, 2.75) is 30.7 Å². The van der Waals surface area contributed by atoms with E-state index < -0.39 is 15.8 Å². The van der Waals surface area contributed by atoms with Gasteiger partial charge in [0.15, 0.2) is 0 Å². The Morgan fingerprint density at radius 1 is 1.40 bits per heavy atom. The highest BCUT2D eigenvalue weighted by molar-refractivity contribution is 7.89. The van der Waals surface area contributed by atoms with Crippen LogP contribution in [0.25, 0.3) is 0 Å². The SMILES string of the molecule is CC(N)C1CCN(S(=O)(=O)c2ccc(Cl)cc2F)CC1. The number of nitrogens with two attached hydrogens (primary N) is 1. The third-order valence-electron chi connectivity index (χ3n) is 3.75. The van der Waals surface area contributed by atoms with Gasteiger partial charge in [-0.25, -0.2) is 12.8 Å². The van der Waals surface area contributed by atoms with Crippen LogP contribution >= 0.6 is 11.6 Å². The summed E-state index contributed by atoms with van der Waals surface area (Å²) in [6.45, 7) is 2.67. The summed E-state index contributed by atoms with van der Waals surface area (Å²) in [5.74, 6) is -0.497. The lowest BCUT2D eigenvalue weighted by Gasteiger charge is -2.32. The van der Waals surface area contributed by atoms with E-state index in [9.17, 15) is 12.8 Å². The van der Waals surface area contributed by atoms with Gasteiger partial charge in [-0.3, -0.25) is 0 Å². The van der Waals surface area contributed by atoms with Gasteiger partial charge in [0, 0.05) is 24.2 Å². The molecule has 0 aliphatic carbocycles. The number of benzene rings is 1. The first kappa shape index (κ1) is 15.7. The summed E-state index contributed by atoms with van der Waals surface area (Å²) in [6, 6.07) is 3.66. The number of rotatable bonds is 3. The van der Waals surface area contributed by atoms with Crippen LogP contribution in [0.15, 0.2) is 23.1 Å². The van der Waals surface area contributed by atoms with Gasteiger partial charge in [0.05, 0.1) is 0 Å². The Labute approximate surface area is 123 Å². The van der Waals surface area contributed by atoms with Crippen LogP contribution in [0.2, 0.25) is 5.02 Å². The lowest BCUT2D eigenvalue weighted by atomic mass is 9.92. The molecule has 1 atom stereocenters. The molecule has 0 bridgehead atoms. The van der Waals surface area contributed by atoms with Crippen LogP contribution in [0.5, 0.6) is 0 Å². The molecule has 2 N–H and O–H groups in total. The van der Waals surface area contributed by atoms with E-state index in [0.717, 1.165) is 6.07 Å². The molecule has 0 aromatic heterocycles. The molecule has 0 spiro atoms. The molecule has 112 valence electrons. The first-order valence-corrected chi connectivity index (χ1v) is 8.35. The third kappa shape index (κ3) is 3.14. The topological polar surface area (TPSA) is 63.4 Å². The van der Waals surface area contributed by atoms with E-state index in [1.165, 1.54) is 16.4 Å². The summed E-state index contributed by atoms with van der Waals surface area (Å²) in [6.07, 6.45) is 1.40. The van der Waals surface area contributed by atoms with Gasteiger partial charge in [-0.15, -0.1) is 0 Å². The zero-order chi connectivity index (χ0) is 14.9. The predicted octanol–water partition coefficient (Wildman–Crippen LogP) is 2.23. The van der Waals surface area contributed by atoms with Crippen molar-refractivity contribution in [3.8, 4) is 0 Å². The lowest BCUT2D eigenvalue weighted by Crippen LogP contribution is -2.42. The first-order chi connectivity index (χ1) is 9.32. The van der Waals surface area contributed by atoms with Crippen LogP contribution in [-0.4, -0.2) is 31.9 Å². The molecule has 1 aliphatic rings. The molecule has 0 radical (unpaired) electrons. The molecule has 1 aliphatic heterocycles. The van der Waals surface area contributed by atoms with Crippen molar-refractivity contribution in [2.24, 2.45) is 11.7 Å². The smallest absolute Gasteiger partial charge is 0.245 e. The zero-order valence-corrected chi connectivity index (χ0v) is 12.8. The van der Waals surface area contributed by atoms with Crippen LogP contribution in [0, 0.1) is 11.7 Å². The quantitative estimate of drug-likeness (QED) is 0.929. The van der Waals surface area contributed by atoms with E-state index in [2.05, 4.69) is 0 Å². The minimum absolute atomic E-state index is 0.0483. The Hall–Kier alpha value is -0.690. The second kappa shape index (κ2) is 5.97. The van der Waals surface area contributed by atoms with Crippen molar-refractivity contribution < 1.29 is 12.8 Å². The highest BCUT2D eigenvalue weighted by Crippen LogP contribution is 2.27. The highest BCUT2D eigenvalue weighted by Gasteiger charge is 2.32. The maximum Gasteiger partial charge on any atom is 0.245 e. The van der Waals surface area contributed by atoms with Crippen molar-refractivity contribution in [1.82, 2.24) is 4.31 Å². The molecule has 1 unspecified atom stereocenters. The maximum absolute atomic E-state index is 13.8. The minimum Gasteiger partial charge on any atom is -0.328 e. The van der Waals surface area contributed by atoms with E-state index >= 15 is 0 Å². The van der Waals surface area contributed by atoms with Gasteiger partial charge in [-0.05, 0) is 43.9 Å². The number of nitrogens with zero attached hydrogens (tertiary/aromatic N) is 1. The third-order valence-corrected chi connectivity index (χ3v) is 5.92. The predicted molar refractivity (Wildman–Crippen MR) is 76.5 cm³/mol. The van der Waals surface area contributed by atoms with Crippen molar-refractivity contribution in [2.75, 3.05) is 13.1 Å².